The maximum absolute atomic E-state index is 4.49. The first-order chi connectivity index (χ1) is 10.3. The Labute approximate surface area is 129 Å². The van der Waals surface area contributed by atoms with Gasteiger partial charge in [-0.15, -0.1) is 11.3 Å². The van der Waals surface area contributed by atoms with Crippen molar-refractivity contribution in [3.05, 3.63) is 52.5 Å². The van der Waals surface area contributed by atoms with Gasteiger partial charge in [-0.2, -0.15) is 0 Å². The minimum Gasteiger partial charge on any atom is -0.329 e. The molecule has 1 unspecified atom stereocenters. The summed E-state index contributed by atoms with van der Waals surface area (Å²) in [5.74, 6) is 0. The molecule has 0 spiro atoms. The van der Waals surface area contributed by atoms with Crippen LogP contribution in [0.25, 0.3) is 11.0 Å². The Morgan fingerprint density at radius 3 is 2.95 bits per heavy atom. The van der Waals surface area contributed by atoms with Crippen molar-refractivity contribution >= 4 is 22.4 Å². The fraction of sp³-hybridized carbons (Fsp3) is 0.353. The fourth-order valence-electron chi connectivity index (χ4n) is 2.61. The summed E-state index contributed by atoms with van der Waals surface area (Å²) in [5.41, 5.74) is 3.64. The van der Waals surface area contributed by atoms with Crippen LogP contribution in [0.5, 0.6) is 0 Å². The molecule has 1 N–H and O–H groups in total. The van der Waals surface area contributed by atoms with E-state index in [0.717, 1.165) is 25.0 Å². The Kier molecular flexibility index (Phi) is 4.36. The van der Waals surface area contributed by atoms with Gasteiger partial charge in [0.2, 0.25) is 0 Å². The number of imidazole rings is 1. The van der Waals surface area contributed by atoms with Crippen LogP contribution in [-0.4, -0.2) is 16.1 Å². The van der Waals surface area contributed by atoms with E-state index in [2.05, 4.69) is 58.4 Å². The van der Waals surface area contributed by atoms with E-state index in [1.807, 2.05) is 23.7 Å². The molecule has 3 nitrogen and oxygen atoms in total. The second kappa shape index (κ2) is 6.41. The number of nitrogens with one attached hydrogen (secondary N) is 1. The quantitative estimate of drug-likeness (QED) is 0.741. The number of hydrogen-bond acceptors (Lipinski definition) is 3. The number of fused-ring (bicyclic) bond motifs is 1. The second-order valence-corrected chi connectivity index (χ2v) is 6.50. The summed E-state index contributed by atoms with van der Waals surface area (Å²) in [6, 6.07) is 10.9. The van der Waals surface area contributed by atoms with Crippen LogP contribution < -0.4 is 5.32 Å². The standard InChI is InChI=1S/C17H21N3S/c1-3-8-18-16(14-9-13(2)21-11-14)10-20-12-19-15-6-4-5-7-17(15)20/h4-7,9,11-12,16,18H,3,8,10H2,1-2H3. The Balaban J connectivity index is 1.87. The number of aryl methyl sites for hydroxylation is 1. The number of aromatic nitrogens is 2. The molecule has 0 aliphatic heterocycles. The number of benzene rings is 1. The van der Waals surface area contributed by atoms with Gasteiger partial charge in [-0.05, 0) is 49.0 Å². The molecule has 0 saturated heterocycles. The van der Waals surface area contributed by atoms with Crippen LogP contribution in [0.15, 0.2) is 42.0 Å². The molecule has 0 radical (unpaired) electrons. The molecule has 0 fully saturated rings. The first kappa shape index (κ1) is 14.3. The molecule has 0 saturated carbocycles. The third-order valence-electron chi connectivity index (χ3n) is 3.70. The van der Waals surface area contributed by atoms with Crippen molar-refractivity contribution in [1.29, 1.82) is 0 Å². The zero-order valence-electron chi connectivity index (χ0n) is 12.5. The maximum Gasteiger partial charge on any atom is 0.0958 e. The first-order valence-electron chi connectivity index (χ1n) is 7.46. The van der Waals surface area contributed by atoms with Crippen LogP contribution in [0.4, 0.5) is 0 Å². The summed E-state index contributed by atoms with van der Waals surface area (Å²) < 4.78 is 2.25. The van der Waals surface area contributed by atoms with Gasteiger partial charge in [0, 0.05) is 11.4 Å². The minimum atomic E-state index is 0.340. The number of para-hydroxylation sites is 2. The third kappa shape index (κ3) is 3.17. The van der Waals surface area contributed by atoms with Gasteiger partial charge < -0.3 is 9.88 Å². The summed E-state index contributed by atoms with van der Waals surface area (Å²) in [7, 11) is 0. The van der Waals surface area contributed by atoms with Crippen molar-refractivity contribution in [3.8, 4) is 0 Å². The minimum absolute atomic E-state index is 0.340. The van der Waals surface area contributed by atoms with Crippen molar-refractivity contribution in [1.82, 2.24) is 14.9 Å². The zero-order valence-corrected chi connectivity index (χ0v) is 13.4. The molecular formula is C17H21N3S. The lowest BCUT2D eigenvalue weighted by molar-refractivity contribution is 0.470. The molecule has 0 aliphatic rings. The lowest BCUT2D eigenvalue weighted by atomic mass is 10.1. The van der Waals surface area contributed by atoms with Crippen molar-refractivity contribution in [2.45, 2.75) is 32.9 Å². The monoisotopic (exact) mass is 299 g/mol. The van der Waals surface area contributed by atoms with E-state index >= 15 is 0 Å². The molecule has 4 heteroatoms. The third-order valence-corrected chi connectivity index (χ3v) is 4.58. The number of thiophene rings is 1. The van der Waals surface area contributed by atoms with Crippen LogP contribution in [0, 0.1) is 6.92 Å². The molecule has 0 amide bonds. The molecule has 21 heavy (non-hydrogen) atoms. The normalized spacial score (nSPS) is 12.9. The van der Waals surface area contributed by atoms with Gasteiger partial charge in [0.15, 0.2) is 0 Å². The lowest BCUT2D eigenvalue weighted by Gasteiger charge is -2.18. The van der Waals surface area contributed by atoms with E-state index < -0.39 is 0 Å². The highest BCUT2D eigenvalue weighted by Gasteiger charge is 2.14. The topological polar surface area (TPSA) is 29.9 Å². The fourth-order valence-corrected chi connectivity index (χ4v) is 3.36. The van der Waals surface area contributed by atoms with Crippen LogP contribution in [0.1, 0.15) is 29.8 Å². The van der Waals surface area contributed by atoms with Crippen LogP contribution in [0.2, 0.25) is 0 Å². The summed E-state index contributed by atoms with van der Waals surface area (Å²) in [5, 5.41) is 5.93. The van der Waals surface area contributed by atoms with Gasteiger partial charge in [0.25, 0.3) is 0 Å². The van der Waals surface area contributed by atoms with Gasteiger partial charge in [-0.3, -0.25) is 0 Å². The molecule has 0 bridgehead atoms. The molecule has 2 aromatic heterocycles. The largest absolute Gasteiger partial charge is 0.329 e. The summed E-state index contributed by atoms with van der Waals surface area (Å²) in [6.45, 7) is 6.32. The highest BCUT2D eigenvalue weighted by atomic mass is 32.1. The zero-order chi connectivity index (χ0) is 14.7. The highest BCUT2D eigenvalue weighted by molar-refractivity contribution is 7.10. The number of nitrogens with zero attached hydrogens (tertiary/aromatic N) is 2. The maximum atomic E-state index is 4.49. The molecule has 110 valence electrons. The van der Waals surface area contributed by atoms with Gasteiger partial charge in [-0.1, -0.05) is 19.1 Å². The van der Waals surface area contributed by atoms with E-state index in [1.165, 1.54) is 16.0 Å². The van der Waals surface area contributed by atoms with Crippen molar-refractivity contribution in [3.63, 3.8) is 0 Å². The van der Waals surface area contributed by atoms with Gasteiger partial charge in [0.1, 0.15) is 0 Å². The Morgan fingerprint density at radius 2 is 2.19 bits per heavy atom. The van der Waals surface area contributed by atoms with Crippen molar-refractivity contribution < 1.29 is 0 Å². The van der Waals surface area contributed by atoms with E-state index in [1.54, 1.807) is 0 Å². The smallest absolute Gasteiger partial charge is 0.0958 e. The summed E-state index contributed by atoms with van der Waals surface area (Å²) in [6.07, 6.45) is 3.09. The predicted octanol–water partition coefficient (Wildman–Crippen LogP) is 4.15. The van der Waals surface area contributed by atoms with Crippen molar-refractivity contribution in [2.75, 3.05) is 6.54 Å². The molecule has 1 atom stereocenters. The van der Waals surface area contributed by atoms with Gasteiger partial charge in [0.05, 0.1) is 23.4 Å². The van der Waals surface area contributed by atoms with Crippen LogP contribution in [0.3, 0.4) is 0 Å². The first-order valence-corrected chi connectivity index (χ1v) is 8.34. The predicted molar refractivity (Wildman–Crippen MR) is 89.8 cm³/mol. The molecule has 1 aromatic carbocycles. The Morgan fingerprint density at radius 1 is 1.33 bits per heavy atom. The average molecular weight is 299 g/mol. The van der Waals surface area contributed by atoms with Gasteiger partial charge in [-0.25, -0.2) is 4.98 Å². The Bertz CT molecular complexity index is 713. The molecule has 2 heterocycles. The highest BCUT2D eigenvalue weighted by Crippen LogP contribution is 2.23. The van der Waals surface area contributed by atoms with E-state index in [4.69, 9.17) is 0 Å². The van der Waals surface area contributed by atoms with Crippen LogP contribution in [-0.2, 0) is 6.54 Å². The molecular weight excluding hydrogens is 278 g/mol. The molecule has 3 rings (SSSR count). The van der Waals surface area contributed by atoms with Crippen molar-refractivity contribution in [2.24, 2.45) is 0 Å². The average Bonchev–Trinajstić information content (AvgIpc) is 3.10. The molecule has 0 aliphatic carbocycles. The number of hydrogen-bond donors (Lipinski definition) is 1. The number of rotatable bonds is 6. The second-order valence-electron chi connectivity index (χ2n) is 5.38. The summed E-state index contributed by atoms with van der Waals surface area (Å²) in [4.78, 5) is 5.85. The SMILES string of the molecule is CCCNC(Cn1cnc2ccccc21)c1csc(C)c1. The van der Waals surface area contributed by atoms with Gasteiger partial charge >= 0.3 is 0 Å². The van der Waals surface area contributed by atoms with E-state index in [0.29, 0.717) is 6.04 Å². The van der Waals surface area contributed by atoms with E-state index in [9.17, 15) is 0 Å². The van der Waals surface area contributed by atoms with Crippen LogP contribution >= 0.6 is 11.3 Å². The summed E-state index contributed by atoms with van der Waals surface area (Å²) >= 11 is 1.82. The van der Waals surface area contributed by atoms with E-state index in [-0.39, 0.29) is 0 Å². The Hall–Kier alpha value is -1.65. The lowest BCUT2D eigenvalue weighted by Crippen LogP contribution is -2.25. The molecule has 3 aromatic rings.